The summed E-state index contributed by atoms with van der Waals surface area (Å²) >= 11 is 5.99. The van der Waals surface area contributed by atoms with Crippen molar-refractivity contribution in [2.75, 3.05) is 33.3 Å². The minimum absolute atomic E-state index is 0.162. The van der Waals surface area contributed by atoms with Crippen LogP contribution in [0.3, 0.4) is 0 Å². The summed E-state index contributed by atoms with van der Waals surface area (Å²) in [5.41, 5.74) is 0. The van der Waals surface area contributed by atoms with Gasteiger partial charge in [-0.1, -0.05) is 18.5 Å². The van der Waals surface area contributed by atoms with Crippen molar-refractivity contribution in [1.29, 1.82) is 0 Å². The van der Waals surface area contributed by atoms with E-state index in [4.69, 9.17) is 16.3 Å². The van der Waals surface area contributed by atoms with Crippen LogP contribution in [0.15, 0.2) is 23.1 Å². The molecule has 0 bridgehead atoms. The molecule has 23 heavy (non-hydrogen) atoms. The van der Waals surface area contributed by atoms with Gasteiger partial charge in [-0.05, 0) is 63.0 Å². The predicted octanol–water partition coefficient (Wildman–Crippen LogP) is 2.75. The van der Waals surface area contributed by atoms with Crippen molar-refractivity contribution in [2.45, 2.75) is 31.1 Å². The lowest BCUT2D eigenvalue weighted by molar-refractivity contribution is 0.191. The van der Waals surface area contributed by atoms with Crippen LogP contribution in [0.2, 0.25) is 5.02 Å². The molecule has 0 amide bonds. The number of halogens is 1. The van der Waals surface area contributed by atoms with Gasteiger partial charge in [-0.15, -0.1) is 0 Å². The first kappa shape index (κ1) is 18.5. The van der Waals surface area contributed by atoms with Gasteiger partial charge in [0.1, 0.15) is 5.75 Å². The Morgan fingerprint density at radius 2 is 2.04 bits per heavy atom. The molecule has 0 saturated carbocycles. The lowest BCUT2D eigenvalue weighted by Gasteiger charge is -2.30. The predicted molar refractivity (Wildman–Crippen MR) is 92.6 cm³/mol. The number of nitrogens with one attached hydrogen (secondary N) is 1. The van der Waals surface area contributed by atoms with E-state index < -0.39 is 10.0 Å². The lowest BCUT2D eigenvalue weighted by Crippen LogP contribution is -2.35. The monoisotopic (exact) mass is 360 g/mol. The fraction of sp³-hybridized carbons (Fsp3) is 0.625. The molecule has 1 aromatic rings. The van der Waals surface area contributed by atoms with Crippen molar-refractivity contribution in [3.63, 3.8) is 0 Å². The van der Waals surface area contributed by atoms with Crippen LogP contribution in [0.1, 0.15) is 26.2 Å². The van der Waals surface area contributed by atoms with Crippen LogP contribution < -0.4 is 9.46 Å². The molecular weight excluding hydrogens is 336 g/mol. The highest BCUT2D eigenvalue weighted by Crippen LogP contribution is 2.26. The molecule has 0 radical (unpaired) electrons. The van der Waals surface area contributed by atoms with Crippen LogP contribution in [0, 0.1) is 5.92 Å². The summed E-state index contributed by atoms with van der Waals surface area (Å²) in [7, 11) is -2.03. The van der Waals surface area contributed by atoms with Crippen molar-refractivity contribution in [3.8, 4) is 5.75 Å². The van der Waals surface area contributed by atoms with Crippen molar-refractivity contribution in [3.05, 3.63) is 23.2 Å². The van der Waals surface area contributed by atoms with Gasteiger partial charge in [-0.2, -0.15) is 0 Å². The lowest BCUT2D eigenvalue weighted by atomic mass is 9.99. The number of likely N-dealkylation sites (tertiary alicyclic amines) is 1. The maximum absolute atomic E-state index is 12.3. The highest BCUT2D eigenvalue weighted by molar-refractivity contribution is 7.89. The van der Waals surface area contributed by atoms with E-state index in [1.165, 1.54) is 32.1 Å². The molecule has 2 rings (SSSR count). The van der Waals surface area contributed by atoms with Crippen molar-refractivity contribution < 1.29 is 13.2 Å². The van der Waals surface area contributed by atoms with E-state index in [-0.39, 0.29) is 9.92 Å². The van der Waals surface area contributed by atoms with Crippen LogP contribution in [-0.2, 0) is 10.0 Å². The van der Waals surface area contributed by atoms with Gasteiger partial charge in [-0.3, -0.25) is 0 Å². The zero-order chi connectivity index (χ0) is 16.9. The molecule has 1 fully saturated rings. The Morgan fingerprint density at radius 1 is 1.35 bits per heavy atom. The van der Waals surface area contributed by atoms with Crippen molar-refractivity contribution in [2.24, 2.45) is 5.92 Å². The number of hydrogen-bond acceptors (Lipinski definition) is 4. The third-order valence-electron chi connectivity index (χ3n) is 4.25. The van der Waals surface area contributed by atoms with Gasteiger partial charge in [0.25, 0.3) is 0 Å². The summed E-state index contributed by atoms with van der Waals surface area (Å²) in [5, 5.41) is 0.290. The van der Waals surface area contributed by atoms with Crippen molar-refractivity contribution >= 4 is 21.6 Å². The number of benzene rings is 1. The Bertz CT molecular complexity index is 614. The topological polar surface area (TPSA) is 58.6 Å². The fourth-order valence-electron chi connectivity index (χ4n) is 2.69. The number of sulfonamides is 1. The van der Waals surface area contributed by atoms with E-state index in [0.29, 0.717) is 12.3 Å². The van der Waals surface area contributed by atoms with E-state index in [0.717, 1.165) is 32.0 Å². The van der Waals surface area contributed by atoms with Gasteiger partial charge in [0.05, 0.1) is 17.0 Å². The van der Waals surface area contributed by atoms with E-state index in [2.05, 4.69) is 16.5 Å². The van der Waals surface area contributed by atoms with Gasteiger partial charge in [0.2, 0.25) is 10.0 Å². The molecule has 1 heterocycles. The van der Waals surface area contributed by atoms with Crippen LogP contribution in [0.4, 0.5) is 0 Å². The Morgan fingerprint density at radius 3 is 2.65 bits per heavy atom. The van der Waals surface area contributed by atoms with Gasteiger partial charge < -0.3 is 9.64 Å². The van der Waals surface area contributed by atoms with E-state index in [1.54, 1.807) is 6.07 Å². The van der Waals surface area contributed by atoms with E-state index >= 15 is 0 Å². The van der Waals surface area contributed by atoms with Gasteiger partial charge >= 0.3 is 0 Å². The highest BCUT2D eigenvalue weighted by atomic mass is 35.5. The molecule has 0 unspecified atom stereocenters. The number of piperidine rings is 1. The Hall–Kier alpha value is -0.820. The quantitative estimate of drug-likeness (QED) is 0.759. The molecular formula is C16H25ClN2O3S. The van der Waals surface area contributed by atoms with Gasteiger partial charge in [0.15, 0.2) is 0 Å². The number of nitrogens with zero attached hydrogens (tertiary/aromatic N) is 1. The molecule has 1 saturated heterocycles. The summed E-state index contributed by atoms with van der Waals surface area (Å²) < 4.78 is 32.2. The highest BCUT2D eigenvalue weighted by Gasteiger charge is 2.17. The molecule has 5 nitrogen and oxygen atoms in total. The van der Waals surface area contributed by atoms with Gasteiger partial charge in [-0.25, -0.2) is 13.1 Å². The first-order valence-electron chi connectivity index (χ1n) is 7.98. The normalized spacial score (nSPS) is 17.3. The van der Waals surface area contributed by atoms with Gasteiger partial charge in [0, 0.05) is 6.54 Å². The smallest absolute Gasteiger partial charge is 0.240 e. The third kappa shape index (κ3) is 5.35. The Kier molecular flexibility index (Phi) is 6.71. The minimum atomic E-state index is -3.53. The standard InChI is InChI=1S/C16H25ClN2O3S/c1-13-6-10-19(11-7-13)9-3-8-18-23(20,21)14-4-5-16(22-2)15(17)12-14/h4-5,12-13,18H,3,6-11H2,1-2H3. The maximum atomic E-state index is 12.3. The van der Waals surface area contributed by atoms with Crippen LogP contribution in [-0.4, -0.2) is 46.6 Å². The zero-order valence-corrected chi connectivity index (χ0v) is 15.3. The van der Waals surface area contributed by atoms with Crippen LogP contribution in [0.25, 0.3) is 0 Å². The zero-order valence-electron chi connectivity index (χ0n) is 13.7. The maximum Gasteiger partial charge on any atom is 0.240 e. The summed E-state index contributed by atoms with van der Waals surface area (Å²) in [4.78, 5) is 2.56. The summed E-state index contributed by atoms with van der Waals surface area (Å²) in [5.74, 6) is 1.27. The molecule has 1 N–H and O–H groups in total. The molecule has 1 aliphatic heterocycles. The summed E-state index contributed by atoms with van der Waals surface area (Å²) in [6, 6.07) is 4.47. The second-order valence-electron chi connectivity index (χ2n) is 6.07. The second kappa shape index (κ2) is 8.33. The average Bonchev–Trinajstić information content (AvgIpc) is 2.53. The number of hydrogen-bond donors (Lipinski definition) is 1. The third-order valence-corrected chi connectivity index (χ3v) is 6.01. The molecule has 1 aromatic carbocycles. The number of methoxy groups -OCH3 is 1. The van der Waals surface area contributed by atoms with Crippen LogP contribution in [0.5, 0.6) is 5.75 Å². The number of ether oxygens (including phenoxy) is 1. The molecule has 7 heteroatoms. The average molecular weight is 361 g/mol. The second-order valence-corrected chi connectivity index (χ2v) is 8.25. The Balaban J connectivity index is 1.81. The molecule has 0 atom stereocenters. The molecule has 0 spiro atoms. The van der Waals surface area contributed by atoms with E-state index in [1.807, 2.05) is 0 Å². The fourth-order valence-corrected chi connectivity index (χ4v) is 4.11. The summed E-state index contributed by atoms with van der Waals surface area (Å²) in [6.45, 7) is 5.87. The van der Waals surface area contributed by atoms with Crippen LogP contribution >= 0.6 is 11.6 Å². The molecule has 1 aliphatic rings. The molecule has 0 aliphatic carbocycles. The van der Waals surface area contributed by atoms with Crippen molar-refractivity contribution in [1.82, 2.24) is 9.62 Å². The summed E-state index contributed by atoms with van der Waals surface area (Å²) in [6.07, 6.45) is 3.27. The molecule has 130 valence electrons. The minimum Gasteiger partial charge on any atom is -0.495 e. The number of rotatable bonds is 7. The first-order valence-corrected chi connectivity index (χ1v) is 9.84. The first-order chi connectivity index (χ1) is 10.9. The molecule has 0 aromatic heterocycles. The van der Waals surface area contributed by atoms with E-state index in [9.17, 15) is 8.42 Å². The Labute approximate surface area is 144 Å². The SMILES string of the molecule is COc1ccc(S(=O)(=O)NCCCN2CCC(C)CC2)cc1Cl. The largest absolute Gasteiger partial charge is 0.495 e.